The third-order valence-corrected chi connectivity index (χ3v) is 7.63. The summed E-state index contributed by atoms with van der Waals surface area (Å²) in [5, 5.41) is 10.9. The van der Waals surface area contributed by atoms with Crippen LogP contribution in [0.1, 0.15) is 83.8 Å². The summed E-state index contributed by atoms with van der Waals surface area (Å²) in [6, 6.07) is 27.9. The average molecular weight is 699 g/mol. The Morgan fingerprint density at radius 2 is 1.62 bits per heavy atom. The molecular weight excluding hydrogens is 659 g/mol. The van der Waals surface area contributed by atoms with E-state index in [1.165, 1.54) is 78.5 Å². The Balaban J connectivity index is 0.000000468. The van der Waals surface area contributed by atoms with E-state index in [1.807, 2.05) is 6.20 Å². The Bertz CT molecular complexity index is 1380. The number of carbonyl (C=O) groups excluding carboxylic acids is 1. The number of hydrogen-bond donors (Lipinski definition) is 1. The topological polar surface area (TPSA) is 50.2 Å². The zero-order chi connectivity index (χ0) is 27.1. The van der Waals surface area contributed by atoms with Gasteiger partial charge in [-0.15, -0.1) is 29.3 Å². The molecule has 0 fully saturated rings. The normalized spacial score (nSPS) is 13.5. The van der Waals surface area contributed by atoms with Gasteiger partial charge in [-0.05, 0) is 54.8 Å². The van der Waals surface area contributed by atoms with Crippen molar-refractivity contribution in [2.45, 2.75) is 84.2 Å². The van der Waals surface area contributed by atoms with E-state index >= 15 is 0 Å². The van der Waals surface area contributed by atoms with Crippen LogP contribution in [-0.4, -0.2) is 22.0 Å². The Morgan fingerprint density at radius 1 is 0.949 bits per heavy atom. The standard InChI is InChI=1S/C30H30N.C5H10O2.Ir/c1-3-5-18-30(19-6-4-2)27-14-10-9-13-25(27)26-16-15-23(21-28(26)30)29-24-12-8-7-11-22(24)17-20-31-29;1-4(6)3-5(2)7;/h7-14,16-17,20-21H,3-6,18-19H2,1-2H3;4,6H,3H2,1-2H3;/q-1;;. The van der Waals surface area contributed by atoms with Gasteiger partial charge in [-0.3, -0.25) is 4.79 Å². The predicted octanol–water partition coefficient (Wildman–Crippen LogP) is 8.69. The zero-order valence-electron chi connectivity index (χ0n) is 23.6. The summed E-state index contributed by atoms with van der Waals surface area (Å²) in [4.78, 5) is 14.9. The molecule has 0 spiro atoms. The number of carbonyl (C=O) groups is 1. The van der Waals surface area contributed by atoms with Gasteiger partial charge >= 0.3 is 0 Å². The molecule has 1 aromatic heterocycles. The minimum Gasteiger partial charge on any atom is -0.393 e. The summed E-state index contributed by atoms with van der Waals surface area (Å²) in [6.07, 6.45) is 9.09. The molecule has 0 amide bonds. The van der Waals surface area contributed by atoms with Gasteiger partial charge in [-0.25, -0.2) is 0 Å². The molecule has 0 aliphatic heterocycles. The number of benzene rings is 3. The quantitative estimate of drug-likeness (QED) is 0.178. The van der Waals surface area contributed by atoms with Crippen molar-refractivity contribution in [2.24, 2.45) is 0 Å². The van der Waals surface area contributed by atoms with Gasteiger partial charge in [-0.2, -0.15) is 0 Å². The Hall–Kier alpha value is -2.65. The van der Waals surface area contributed by atoms with Gasteiger partial charge in [0, 0.05) is 38.1 Å². The summed E-state index contributed by atoms with van der Waals surface area (Å²) in [5.74, 6) is 0.0370. The molecule has 4 heteroatoms. The molecule has 3 aromatic carbocycles. The van der Waals surface area contributed by atoms with Crippen molar-refractivity contribution in [3.63, 3.8) is 0 Å². The van der Waals surface area contributed by atoms with Crippen molar-refractivity contribution in [1.82, 2.24) is 4.98 Å². The maximum Gasteiger partial charge on any atom is 0.132 e. The Kier molecular flexibility index (Phi) is 11.2. The molecule has 1 aliphatic carbocycles. The van der Waals surface area contributed by atoms with Gasteiger partial charge in [-0.1, -0.05) is 99.2 Å². The molecular formula is C35H40IrNO2-. The number of unbranched alkanes of at least 4 members (excludes halogenated alkanes) is 2. The summed E-state index contributed by atoms with van der Waals surface area (Å²) in [6.45, 7) is 7.67. The van der Waals surface area contributed by atoms with Crippen molar-refractivity contribution in [1.29, 1.82) is 0 Å². The molecule has 1 radical (unpaired) electrons. The van der Waals surface area contributed by atoms with Crippen LogP contribution in [0.25, 0.3) is 33.2 Å². The van der Waals surface area contributed by atoms with Crippen molar-refractivity contribution >= 4 is 16.6 Å². The van der Waals surface area contributed by atoms with Crippen LogP contribution in [0.4, 0.5) is 0 Å². The molecule has 1 unspecified atom stereocenters. The second-order valence-electron chi connectivity index (χ2n) is 10.6. The van der Waals surface area contributed by atoms with E-state index in [1.54, 1.807) is 6.92 Å². The van der Waals surface area contributed by atoms with Crippen LogP contribution in [0.5, 0.6) is 0 Å². The van der Waals surface area contributed by atoms with E-state index < -0.39 is 6.10 Å². The number of aromatic nitrogens is 1. The molecule has 3 nitrogen and oxygen atoms in total. The summed E-state index contributed by atoms with van der Waals surface area (Å²) >= 11 is 0. The monoisotopic (exact) mass is 699 g/mol. The van der Waals surface area contributed by atoms with Crippen LogP contribution in [0.2, 0.25) is 0 Å². The first kappa shape index (κ1) is 30.9. The number of aliphatic hydroxyl groups is 1. The van der Waals surface area contributed by atoms with Crippen molar-refractivity contribution in [3.05, 3.63) is 90.1 Å². The molecule has 207 valence electrons. The number of Topliss-reactive ketones (excluding diaryl/α,β-unsaturated/α-hetero) is 1. The molecule has 4 aromatic rings. The van der Waals surface area contributed by atoms with Gasteiger partial charge in [0.2, 0.25) is 0 Å². The first-order chi connectivity index (χ1) is 18.4. The number of ketones is 1. The molecule has 39 heavy (non-hydrogen) atoms. The number of pyridine rings is 1. The first-order valence-corrected chi connectivity index (χ1v) is 14.1. The molecule has 0 saturated heterocycles. The second kappa shape index (κ2) is 14.1. The maximum atomic E-state index is 10.1. The van der Waals surface area contributed by atoms with Gasteiger partial charge in [0.1, 0.15) is 5.78 Å². The summed E-state index contributed by atoms with van der Waals surface area (Å²) in [7, 11) is 0. The third kappa shape index (κ3) is 6.74. The fourth-order valence-corrected chi connectivity index (χ4v) is 5.90. The predicted molar refractivity (Wildman–Crippen MR) is 158 cm³/mol. The zero-order valence-corrected chi connectivity index (χ0v) is 26.0. The molecule has 1 aliphatic rings. The largest absolute Gasteiger partial charge is 0.393 e. The fourth-order valence-electron chi connectivity index (χ4n) is 5.90. The minimum absolute atomic E-state index is 0. The number of nitrogens with zero attached hydrogens (tertiary/aromatic N) is 1. The van der Waals surface area contributed by atoms with E-state index in [0.29, 0.717) is 0 Å². The molecule has 0 saturated carbocycles. The van der Waals surface area contributed by atoms with E-state index in [4.69, 9.17) is 10.1 Å². The number of rotatable bonds is 9. The fraction of sp³-hybridized carbons (Fsp3) is 0.371. The first-order valence-electron chi connectivity index (χ1n) is 14.1. The minimum atomic E-state index is -0.475. The van der Waals surface area contributed by atoms with Crippen LogP contribution in [0, 0.1) is 6.07 Å². The van der Waals surface area contributed by atoms with Crippen LogP contribution >= 0.6 is 0 Å². The van der Waals surface area contributed by atoms with Crippen LogP contribution in [-0.2, 0) is 30.3 Å². The molecule has 1 N–H and O–H groups in total. The van der Waals surface area contributed by atoms with Gasteiger partial charge in [0.25, 0.3) is 0 Å². The second-order valence-corrected chi connectivity index (χ2v) is 10.6. The Morgan fingerprint density at radius 3 is 2.26 bits per heavy atom. The van der Waals surface area contributed by atoms with Crippen LogP contribution < -0.4 is 0 Å². The summed E-state index contributed by atoms with van der Waals surface area (Å²) in [5.41, 5.74) is 8.02. The van der Waals surface area contributed by atoms with Crippen molar-refractivity contribution in [3.8, 4) is 22.4 Å². The number of hydrogen-bond acceptors (Lipinski definition) is 3. The van der Waals surface area contributed by atoms with Crippen LogP contribution in [0.3, 0.4) is 0 Å². The van der Waals surface area contributed by atoms with E-state index in [9.17, 15) is 4.79 Å². The van der Waals surface area contributed by atoms with E-state index in [2.05, 4.69) is 86.6 Å². The maximum absolute atomic E-state index is 10.1. The molecule has 1 heterocycles. The van der Waals surface area contributed by atoms with Gasteiger partial charge < -0.3 is 10.1 Å². The SMILES string of the molecule is CC(=O)CC(C)O.CCCCC1(CCCC)c2ccccc2-c2c[c-]c(-c3nccc4ccccc34)cc21.[Ir]. The number of aliphatic hydroxyl groups excluding tert-OH is 1. The van der Waals surface area contributed by atoms with Crippen molar-refractivity contribution < 1.29 is 30.0 Å². The molecule has 0 bridgehead atoms. The molecule has 5 rings (SSSR count). The average Bonchev–Trinajstić information content (AvgIpc) is 3.19. The number of fused-ring (bicyclic) bond motifs is 4. The van der Waals surface area contributed by atoms with Gasteiger partial charge in [0.05, 0.1) is 6.10 Å². The third-order valence-electron chi connectivity index (χ3n) is 7.63. The van der Waals surface area contributed by atoms with E-state index in [-0.39, 0.29) is 37.7 Å². The van der Waals surface area contributed by atoms with Gasteiger partial charge in [0.15, 0.2) is 0 Å². The Labute approximate surface area is 247 Å². The smallest absolute Gasteiger partial charge is 0.132 e. The van der Waals surface area contributed by atoms with Crippen molar-refractivity contribution in [2.75, 3.05) is 0 Å². The summed E-state index contributed by atoms with van der Waals surface area (Å²) < 4.78 is 0. The van der Waals surface area contributed by atoms with E-state index in [0.717, 1.165) is 11.3 Å². The molecule has 1 atom stereocenters. The van der Waals surface area contributed by atoms with Crippen LogP contribution in [0.15, 0.2) is 72.9 Å².